The van der Waals surface area contributed by atoms with Crippen LogP contribution in [-0.2, 0) is 19.1 Å². The molecule has 0 amide bonds. The minimum absolute atomic E-state index is 0.198. The van der Waals surface area contributed by atoms with Crippen molar-refractivity contribution in [2.75, 3.05) is 13.2 Å². The smallest absolute Gasteiger partial charge is 0.310 e. The van der Waals surface area contributed by atoms with Gasteiger partial charge in [0.05, 0.1) is 25.0 Å². The highest BCUT2D eigenvalue weighted by Gasteiger charge is 2.41. The number of hydrogen-bond donors (Lipinski definition) is 0. The standard InChI is InChI=1S/C22H40O4/c1-5-8-15-25-21(23)17(4)20(22(24)26-16-9-6-2)19(7-3)18-13-11-10-12-14-18/h17-20H,5-16H2,1-4H3. The molecule has 1 rings (SSSR count). The molecule has 0 saturated heterocycles. The number of carbonyl (C=O) groups excluding carboxylic acids is 2. The van der Waals surface area contributed by atoms with Gasteiger partial charge in [0, 0.05) is 0 Å². The van der Waals surface area contributed by atoms with Gasteiger partial charge in [0.25, 0.3) is 0 Å². The third kappa shape index (κ3) is 7.28. The van der Waals surface area contributed by atoms with Crippen molar-refractivity contribution in [2.24, 2.45) is 23.7 Å². The third-order valence-corrected chi connectivity index (χ3v) is 5.86. The van der Waals surface area contributed by atoms with Crippen LogP contribution in [0.15, 0.2) is 0 Å². The largest absolute Gasteiger partial charge is 0.465 e. The van der Waals surface area contributed by atoms with E-state index in [1.807, 2.05) is 6.92 Å². The molecule has 0 aliphatic heterocycles. The summed E-state index contributed by atoms with van der Waals surface area (Å²) in [5, 5.41) is 0. The molecule has 3 unspecified atom stereocenters. The molecule has 0 bridgehead atoms. The Morgan fingerprint density at radius 2 is 1.42 bits per heavy atom. The molecule has 152 valence electrons. The van der Waals surface area contributed by atoms with Crippen LogP contribution in [0.1, 0.15) is 91.9 Å². The number of ether oxygens (including phenoxy) is 2. The molecular weight excluding hydrogens is 328 g/mol. The molecule has 0 aromatic rings. The molecule has 0 heterocycles. The highest BCUT2D eigenvalue weighted by atomic mass is 16.5. The number of carbonyl (C=O) groups is 2. The maximum atomic E-state index is 12.9. The second kappa shape index (κ2) is 13.2. The lowest BCUT2D eigenvalue weighted by Gasteiger charge is -2.36. The second-order valence-corrected chi connectivity index (χ2v) is 7.83. The van der Waals surface area contributed by atoms with E-state index in [1.165, 1.54) is 19.3 Å². The van der Waals surface area contributed by atoms with Gasteiger partial charge in [-0.05, 0) is 24.7 Å². The van der Waals surface area contributed by atoms with E-state index in [-0.39, 0.29) is 23.8 Å². The molecule has 26 heavy (non-hydrogen) atoms. The molecule has 0 aromatic heterocycles. The van der Waals surface area contributed by atoms with Gasteiger partial charge >= 0.3 is 11.9 Å². The fraction of sp³-hybridized carbons (Fsp3) is 0.909. The van der Waals surface area contributed by atoms with E-state index in [9.17, 15) is 9.59 Å². The van der Waals surface area contributed by atoms with Crippen LogP contribution in [0.5, 0.6) is 0 Å². The lowest BCUT2D eigenvalue weighted by Crippen LogP contribution is -2.39. The van der Waals surface area contributed by atoms with Gasteiger partial charge in [-0.2, -0.15) is 0 Å². The van der Waals surface area contributed by atoms with E-state index in [0.29, 0.717) is 19.1 Å². The van der Waals surface area contributed by atoms with Crippen LogP contribution >= 0.6 is 0 Å². The van der Waals surface area contributed by atoms with Gasteiger partial charge in [0.2, 0.25) is 0 Å². The molecule has 3 atom stereocenters. The molecule has 0 spiro atoms. The summed E-state index contributed by atoms with van der Waals surface area (Å²) in [5.41, 5.74) is 0. The zero-order valence-electron chi connectivity index (χ0n) is 17.4. The van der Waals surface area contributed by atoms with Crippen LogP contribution in [0.3, 0.4) is 0 Å². The zero-order chi connectivity index (χ0) is 19.4. The maximum Gasteiger partial charge on any atom is 0.310 e. The quantitative estimate of drug-likeness (QED) is 0.335. The van der Waals surface area contributed by atoms with Crippen LogP contribution in [0.4, 0.5) is 0 Å². The highest BCUT2D eigenvalue weighted by molar-refractivity contribution is 5.82. The summed E-state index contributed by atoms with van der Waals surface area (Å²) in [5.74, 6) is -0.538. The molecule has 0 aromatic carbocycles. The molecule has 4 heteroatoms. The Labute approximate surface area is 160 Å². The molecule has 1 fully saturated rings. The summed E-state index contributed by atoms with van der Waals surface area (Å²) in [6.07, 6.45) is 10.7. The van der Waals surface area contributed by atoms with Gasteiger partial charge in [0.1, 0.15) is 0 Å². The van der Waals surface area contributed by atoms with Crippen LogP contribution < -0.4 is 0 Å². The lowest BCUT2D eigenvalue weighted by atomic mass is 9.69. The zero-order valence-corrected chi connectivity index (χ0v) is 17.4. The number of unbranched alkanes of at least 4 members (excludes halogenated alkanes) is 2. The average Bonchev–Trinajstić information content (AvgIpc) is 2.66. The fourth-order valence-corrected chi connectivity index (χ4v) is 4.20. The summed E-state index contributed by atoms with van der Waals surface area (Å²) >= 11 is 0. The van der Waals surface area contributed by atoms with Crippen molar-refractivity contribution in [1.29, 1.82) is 0 Å². The highest BCUT2D eigenvalue weighted by Crippen LogP contribution is 2.39. The number of esters is 2. The number of hydrogen-bond acceptors (Lipinski definition) is 4. The molecule has 0 N–H and O–H groups in total. The monoisotopic (exact) mass is 368 g/mol. The minimum atomic E-state index is -0.437. The Balaban J connectivity index is 2.87. The summed E-state index contributed by atoms with van der Waals surface area (Å²) in [7, 11) is 0. The second-order valence-electron chi connectivity index (χ2n) is 7.83. The Bertz CT molecular complexity index is 401. The van der Waals surface area contributed by atoms with Gasteiger partial charge in [-0.1, -0.05) is 79.1 Å². The minimum Gasteiger partial charge on any atom is -0.465 e. The Morgan fingerprint density at radius 3 is 1.92 bits per heavy atom. The first-order valence-electron chi connectivity index (χ1n) is 10.9. The Hall–Kier alpha value is -1.06. The van der Waals surface area contributed by atoms with Crippen molar-refractivity contribution in [3.05, 3.63) is 0 Å². The van der Waals surface area contributed by atoms with Gasteiger partial charge < -0.3 is 9.47 Å². The average molecular weight is 369 g/mol. The Morgan fingerprint density at radius 1 is 0.885 bits per heavy atom. The first kappa shape index (κ1) is 23.0. The summed E-state index contributed by atoms with van der Waals surface area (Å²) in [6.45, 7) is 9.03. The molecule has 1 aliphatic carbocycles. The van der Waals surface area contributed by atoms with Crippen LogP contribution in [0.25, 0.3) is 0 Å². The summed E-state index contributed by atoms with van der Waals surface area (Å²) in [6, 6.07) is 0. The van der Waals surface area contributed by atoms with Crippen molar-refractivity contribution in [2.45, 2.75) is 91.9 Å². The van der Waals surface area contributed by atoms with Gasteiger partial charge in [-0.25, -0.2) is 0 Å². The normalized spacial score (nSPS) is 18.8. The third-order valence-electron chi connectivity index (χ3n) is 5.86. The van der Waals surface area contributed by atoms with Crippen molar-refractivity contribution in [1.82, 2.24) is 0 Å². The molecule has 0 radical (unpaired) electrons. The first-order chi connectivity index (χ1) is 12.6. The van der Waals surface area contributed by atoms with Crippen molar-refractivity contribution in [3.63, 3.8) is 0 Å². The molecule has 4 nitrogen and oxygen atoms in total. The SMILES string of the molecule is CCCCOC(=O)C(C)C(C(=O)OCCCC)C(CC)C1CCCCC1. The molecule has 1 saturated carbocycles. The van der Waals surface area contributed by atoms with E-state index in [1.54, 1.807) is 0 Å². The van der Waals surface area contributed by atoms with Gasteiger partial charge in [-0.3, -0.25) is 9.59 Å². The van der Waals surface area contributed by atoms with E-state index in [0.717, 1.165) is 44.9 Å². The van der Waals surface area contributed by atoms with Gasteiger partial charge in [-0.15, -0.1) is 0 Å². The first-order valence-corrected chi connectivity index (χ1v) is 10.9. The van der Waals surface area contributed by atoms with E-state index >= 15 is 0 Å². The molecular formula is C22H40O4. The Kier molecular flexibility index (Phi) is 11.6. The van der Waals surface area contributed by atoms with E-state index < -0.39 is 5.92 Å². The summed E-state index contributed by atoms with van der Waals surface area (Å²) < 4.78 is 11.0. The summed E-state index contributed by atoms with van der Waals surface area (Å²) in [4.78, 5) is 25.5. The van der Waals surface area contributed by atoms with Crippen molar-refractivity contribution in [3.8, 4) is 0 Å². The predicted octanol–water partition coefficient (Wildman–Crippen LogP) is 5.53. The number of rotatable bonds is 12. The predicted molar refractivity (Wildman–Crippen MR) is 105 cm³/mol. The van der Waals surface area contributed by atoms with Crippen LogP contribution in [0.2, 0.25) is 0 Å². The van der Waals surface area contributed by atoms with Crippen LogP contribution in [-0.4, -0.2) is 25.2 Å². The lowest BCUT2D eigenvalue weighted by molar-refractivity contribution is -0.164. The maximum absolute atomic E-state index is 12.9. The van der Waals surface area contributed by atoms with Gasteiger partial charge in [0.15, 0.2) is 0 Å². The molecule has 1 aliphatic rings. The van der Waals surface area contributed by atoms with Crippen LogP contribution in [0, 0.1) is 23.7 Å². The van der Waals surface area contributed by atoms with E-state index in [4.69, 9.17) is 9.47 Å². The van der Waals surface area contributed by atoms with Crippen molar-refractivity contribution < 1.29 is 19.1 Å². The topological polar surface area (TPSA) is 52.6 Å². The van der Waals surface area contributed by atoms with Crippen molar-refractivity contribution >= 4 is 11.9 Å². The van der Waals surface area contributed by atoms with E-state index in [2.05, 4.69) is 20.8 Å². The fourth-order valence-electron chi connectivity index (χ4n) is 4.20.